The van der Waals surface area contributed by atoms with E-state index >= 15 is 0 Å². The first-order valence-electron chi connectivity index (χ1n) is 10.7. The fraction of sp³-hybridized carbons (Fsp3) is 0.269. The number of rotatable bonds is 6. The maximum atomic E-state index is 12.7. The Morgan fingerprint density at radius 2 is 1.79 bits per heavy atom. The zero-order chi connectivity index (χ0) is 24.0. The molecule has 1 aromatic heterocycles. The number of hydrogen-bond donors (Lipinski definition) is 1. The summed E-state index contributed by atoms with van der Waals surface area (Å²) in [6, 6.07) is 14.7. The highest BCUT2D eigenvalue weighted by Crippen LogP contribution is 2.27. The monoisotopic (exact) mass is 448 g/mol. The lowest BCUT2D eigenvalue weighted by molar-refractivity contribution is -0.137. The van der Waals surface area contributed by atoms with Crippen molar-refractivity contribution in [3.8, 4) is 0 Å². The van der Waals surface area contributed by atoms with Crippen molar-refractivity contribution in [3.63, 3.8) is 0 Å². The third-order valence-corrected chi connectivity index (χ3v) is 4.60. The number of nitrogens with one attached hydrogen (secondary N) is 1. The van der Waals surface area contributed by atoms with Crippen LogP contribution >= 0.6 is 0 Å². The van der Waals surface area contributed by atoms with E-state index in [1.165, 1.54) is 10.6 Å². The van der Waals surface area contributed by atoms with Gasteiger partial charge in [-0.1, -0.05) is 30.3 Å². The van der Waals surface area contributed by atoms with E-state index in [0.29, 0.717) is 22.2 Å². The van der Waals surface area contributed by atoms with Gasteiger partial charge in [0.25, 0.3) is 0 Å². The van der Waals surface area contributed by atoms with Crippen molar-refractivity contribution in [1.82, 2.24) is 4.57 Å². The normalized spacial score (nSPS) is 11.5. The van der Waals surface area contributed by atoms with Crippen LogP contribution in [0.1, 0.15) is 38.8 Å². The molecule has 1 N–H and O–H groups in total. The lowest BCUT2D eigenvalue weighted by Gasteiger charge is -2.19. The molecule has 172 valence electrons. The van der Waals surface area contributed by atoms with E-state index in [-0.39, 0.29) is 18.9 Å². The van der Waals surface area contributed by atoms with E-state index in [1.807, 2.05) is 30.3 Å². The van der Waals surface area contributed by atoms with Gasteiger partial charge in [0.1, 0.15) is 5.60 Å². The first-order valence-corrected chi connectivity index (χ1v) is 10.7. The summed E-state index contributed by atoms with van der Waals surface area (Å²) in [6.07, 6.45) is 4.19. The van der Waals surface area contributed by atoms with Crippen molar-refractivity contribution in [3.05, 3.63) is 71.9 Å². The molecule has 1 heterocycles. The van der Waals surface area contributed by atoms with Crippen molar-refractivity contribution >= 4 is 40.6 Å². The second-order valence-electron chi connectivity index (χ2n) is 8.46. The molecule has 0 bridgehead atoms. The Morgan fingerprint density at radius 1 is 1.06 bits per heavy atom. The molecule has 0 radical (unpaired) electrons. The number of nitrogens with zero attached hydrogens (tertiary/aromatic N) is 1. The van der Waals surface area contributed by atoms with Gasteiger partial charge in [0.2, 0.25) is 5.91 Å². The van der Waals surface area contributed by atoms with E-state index in [0.717, 1.165) is 5.56 Å². The maximum Gasteiger partial charge on any atom is 0.419 e. The molecule has 0 aliphatic carbocycles. The molecule has 0 fully saturated rings. The summed E-state index contributed by atoms with van der Waals surface area (Å²) in [5.41, 5.74) is 2.03. The molecule has 0 aliphatic heterocycles. The number of carbonyl (C=O) groups excluding carboxylic acids is 3. The topological polar surface area (TPSA) is 86.6 Å². The minimum Gasteiger partial charge on any atom is -0.463 e. The van der Waals surface area contributed by atoms with Crippen molar-refractivity contribution in [2.24, 2.45) is 0 Å². The Labute approximate surface area is 193 Å². The molecule has 7 heteroatoms. The summed E-state index contributed by atoms with van der Waals surface area (Å²) in [4.78, 5) is 37.0. The van der Waals surface area contributed by atoms with Gasteiger partial charge in [-0.05, 0) is 57.5 Å². The molecule has 0 saturated heterocycles. The Kier molecular flexibility index (Phi) is 7.33. The molecular weight excluding hydrogens is 420 g/mol. The molecule has 1 amide bonds. The van der Waals surface area contributed by atoms with Crippen LogP contribution in [0.3, 0.4) is 0 Å². The zero-order valence-corrected chi connectivity index (χ0v) is 19.3. The fourth-order valence-electron chi connectivity index (χ4n) is 3.26. The highest BCUT2D eigenvalue weighted by Gasteiger charge is 2.21. The Hall–Kier alpha value is -3.87. The first-order chi connectivity index (χ1) is 15.7. The SMILES string of the molecule is CCOC(=O)C=Cc1cn(C(=O)OC(C)(C)C)c2ccc(NC(=O)Cc3ccccc3)cc12. The number of esters is 1. The molecule has 3 aromatic rings. The van der Waals surface area contributed by atoms with Crippen LogP contribution in [0.15, 0.2) is 60.8 Å². The molecule has 0 spiro atoms. The fourth-order valence-corrected chi connectivity index (χ4v) is 3.26. The van der Waals surface area contributed by atoms with E-state index in [4.69, 9.17) is 9.47 Å². The second-order valence-corrected chi connectivity index (χ2v) is 8.46. The number of benzene rings is 2. The second kappa shape index (κ2) is 10.2. The van der Waals surface area contributed by atoms with E-state index in [1.54, 1.807) is 58.2 Å². The van der Waals surface area contributed by atoms with Crippen LogP contribution in [0.5, 0.6) is 0 Å². The van der Waals surface area contributed by atoms with Crippen LogP contribution in [-0.4, -0.2) is 34.7 Å². The average Bonchev–Trinajstić information content (AvgIpc) is 3.10. The van der Waals surface area contributed by atoms with Gasteiger partial charge in [0, 0.05) is 28.9 Å². The van der Waals surface area contributed by atoms with Crippen molar-refractivity contribution in [1.29, 1.82) is 0 Å². The standard InChI is InChI=1S/C26H28N2O5/c1-5-32-24(30)14-11-19-17-28(25(31)33-26(2,3)4)22-13-12-20(16-21(19)22)27-23(29)15-18-9-7-6-8-10-18/h6-14,16-17H,5,15H2,1-4H3,(H,27,29). The summed E-state index contributed by atoms with van der Waals surface area (Å²) in [5, 5.41) is 3.57. The van der Waals surface area contributed by atoms with Gasteiger partial charge in [-0.3, -0.25) is 9.36 Å². The smallest absolute Gasteiger partial charge is 0.419 e. The van der Waals surface area contributed by atoms with Gasteiger partial charge in [-0.15, -0.1) is 0 Å². The summed E-state index contributed by atoms with van der Waals surface area (Å²) in [6.45, 7) is 7.36. The molecule has 3 rings (SSSR count). The third-order valence-electron chi connectivity index (χ3n) is 4.60. The number of carbonyl (C=O) groups is 3. The summed E-state index contributed by atoms with van der Waals surface area (Å²) in [5.74, 6) is -0.640. The molecule has 33 heavy (non-hydrogen) atoms. The Balaban J connectivity index is 1.93. The Bertz CT molecular complexity index is 1190. The van der Waals surface area contributed by atoms with Crippen molar-refractivity contribution < 1.29 is 23.9 Å². The highest BCUT2D eigenvalue weighted by molar-refractivity contribution is 6.01. The van der Waals surface area contributed by atoms with E-state index < -0.39 is 17.7 Å². The minimum atomic E-state index is -0.667. The minimum absolute atomic E-state index is 0.157. The number of hydrogen-bond acceptors (Lipinski definition) is 5. The molecule has 0 saturated carbocycles. The van der Waals surface area contributed by atoms with Crippen LogP contribution in [0.25, 0.3) is 17.0 Å². The average molecular weight is 449 g/mol. The predicted molar refractivity (Wildman–Crippen MR) is 128 cm³/mol. The Morgan fingerprint density at radius 3 is 2.45 bits per heavy atom. The van der Waals surface area contributed by atoms with Crippen LogP contribution < -0.4 is 5.32 Å². The zero-order valence-electron chi connectivity index (χ0n) is 19.3. The molecular formula is C26H28N2O5. The predicted octanol–water partition coefficient (Wildman–Crippen LogP) is 5.18. The quantitative estimate of drug-likeness (QED) is 0.415. The highest BCUT2D eigenvalue weighted by atomic mass is 16.6. The first kappa shape index (κ1) is 23.8. The van der Waals surface area contributed by atoms with Gasteiger partial charge in [-0.25, -0.2) is 9.59 Å². The molecule has 0 unspecified atom stereocenters. The number of ether oxygens (including phenoxy) is 2. The lowest BCUT2D eigenvalue weighted by Crippen LogP contribution is -2.26. The van der Waals surface area contributed by atoms with Crippen molar-refractivity contribution in [2.45, 2.75) is 39.7 Å². The lowest BCUT2D eigenvalue weighted by atomic mass is 10.1. The van der Waals surface area contributed by atoms with Crippen LogP contribution in [0, 0.1) is 0 Å². The summed E-state index contributed by atoms with van der Waals surface area (Å²) < 4.78 is 11.8. The van der Waals surface area contributed by atoms with Gasteiger partial charge in [0.05, 0.1) is 18.5 Å². The molecule has 7 nitrogen and oxygen atoms in total. The van der Waals surface area contributed by atoms with E-state index in [9.17, 15) is 14.4 Å². The van der Waals surface area contributed by atoms with E-state index in [2.05, 4.69) is 5.32 Å². The van der Waals surface area contributed by atoms with Crippen LogP contribution in [0.4, 0.5) is 10.5 Å². The van der Waals surface area contributed by atoms with Crippen molar-refractivity contribution in [2.75, 3.05) is 11.9 Å². The van der Waals surface area contributed by atoms with Crippen LogP contribution in [0.2, 0.25) is 0 Å². The molecule has 0 aliphatic rings. The number of fused-ring (bicyclic) bond motifs is 1. The summed E-state index contributed by atoms with van der Waals surface area (Å²) >= 11 is 0. The van der Waals surface area contributed by atoms with Gasteiger partial charge in [0.15, 0.2) is 0 Å². The largest absolute Gasteiger partial charge is 0.463 e. The number of aromatic nitrogens is 1. The number of amides is 1. The van der Waals surface area contributed by atoms with Crippen LogP contribution in [-0.2, 0) is 25.5 Å². The van der Waals surface area contributed by atoms with Gasteiger partial charge >= 0.3 is 12.1 Å². The number of anilines is 1. The van der Waals surface area contributed by atoms with Gasteiger partial charge < -0.3 is 14.8 Å². The summed E-state index contributed by atoms with van der Waals surface area (Å²) in [7, 11) is 0. The third kappa shape index (κ3) is 6.55. The van der Waals surface area contributed by atoms with Gasteiger partial charge in [-0.2, -0.15) is 0 Å². The molecule has 0 atom stereocenters. The molecule has 2 aromatic carbocycles. The maximum absolute atomic E-state index is 12.7.